The van der Waals surface area contributed by atoms with Gasteiger partial charge in [-0.1, -0.05) is 12.1 Å². The molecule has 0 saturated heterocycles. The van der Waals surface area contributed by atoms with Crippen molar-refractivity contribution >= 4 is 0 Å². The Morgan fingerprint density at radius 2 is 1.93 bits per heavy atom. The minimum absolute atomic E-state index is 0.0443. The fourth-order valence-electron chi connectivity index (χ4n) is 1.42. The fourth-order valence-corrected chi connectivity index (χ4v) is 1.42. The van der Waals surface area contributed by atoms with Crippen LogP contribution in [0.15, 0.2) is 41.3 Å². The molecule has 0 aliphatic carbocycles. The van der Waals surface area contributed by atoms with Crippen LogP contribution in [-0.2, 0) is 13.0 Å². The van der Waals surface area contributed by atoms with Gasteiger partial charge in [-0.2, -0.15) is 0 Å². The number of nitrogens with one attached hydrogen (secondary N) is 1. The second kappa shape index (κ2) is 4.13. The van der Waals surface area contributed by atoms with Crippen LogP contribution in [0.5, 0.6) is 0 Å². The Labute approximate surface area is 86.2 Å². The van der Waals surface area contributed by atoms with Gasteiger partial charge in [-0.05, 0) is 24.1 Å². The zero-order valence-electron chi connectivity index (χ0n) is 8.11. The number of aromatic nitrogens is 2. The summed E-state index contributed by atoms with van der Waals surface area (Å²) in [6.45, 7) is 0.581. The third-order valence-corrected chi connectivity index (χ3v) is 2.26. The van der Waals surface area contributed by atoms with Crippen LogP contribution in [0.25, 0.3) is 0 Å². The minimum atomic E-state index is -0.240. The molecule has 0 fully saturated rings. The largest absolute Gasteiger partial charge is 0.303 e. The molecular weight excluding hydrogens is 195 g/mol. The van der Waals surface area contributed by atoms with E-state index in [1.54, 1.807) is 18.3 Å². The zero-order valence-corrected chi connectivity index (χ0v) is 8.11. The average molecular weight is 206 g/mol. The van der Waals surface area contributed by atoms with E-state index < -0.39 is 0 Å². The smallest absolute Gasteiger partial charge is 0.266 e. The first-order valence-electron chi connectivity index (χ1n) is 4.74. The molecule has 0 aliphatic heterocycles. The number of nitrogens with zero attached hydrogens (tertiary/aromatic N) is 1. The number of H-pyrrole nitrogens is 1. The first-order chi connectivity index (χ1) is 7.25. The average Bonchev–Trinajstić information content (AvgIpc) is 2.63. The third-order valence-electron chi connectivity index (χ3n) is 2.26. The molecule has 0 radical (unpaired) electrons. The van der Waals surface area contributed by atoms with Gasteiger partial charge in [-0.15, -0.1) is 0 Å². The van der Waals surface area contributed by atoms with Crippen LogP contribution >= 0.6 is 0 Å². The van der Waals surface area contributed by atoms with Gasteiger partial charge in [0.1, 0.15) is 5.82 Å². The Bertz CT molecular complexity index is 484. The van der Waals surface area contributed by atoms with E-state index in [1.165, 1.54) is 22.9 Å². The molecule has 2 aromatic rings. The lowest BCUT2D eigenvalue weighted by atomic mass is 10.1. The molecule has 2 rings (SSSR count). The molecule has 78 valence electrons. The fraction of sp³-hybridized carbons (Fsp3) is 0.182. The van der Waals surface area contributed by atoms with Gasteiger partial charge in [-0.25, -0.2) is 4.39 Å². The van der Waals surface area contributed by atoms with Crippen molar-refractivity contribution in [1.82, 2.24) is 9.78 Å². The summed E-state index contributed by atoms with van der Waals surface area (Å²) in [7, 11) is 0. The lowest BCUT2D eigenvalue weighted by molar-refractivity contribution is 0.594. The van der Waals surface area contributed by atoms with Crippen LogP contribution < -0.4 is 5.56 Å². The van der Waals surface area contributed by atoms with E-state index in [0.29, 0.717) is 13.0 Å². The van der Waals surface area contributed by atoms with E-state index in [1.807, 2.05) is 0 Å². The molecule has 1 heterocycles. The highest BCUT2D eigenvalue weighted by Gasteiger charge is 1.97. The van der Waals surface area contributed by atoms with Gasteiger partial charge in [0.25, 0.3) is 5.56 Å². The third kappa shape index (κ3) is 2.34. The number of aromatic amines is 1. The van der Waals surface area contributed by atoms with Crippen LogP contribution in [0.3, 0.4) is 0 Å². The molecule has 1 aromatic carbocycles. The predicted molar refractivity (Wildman–Crippen MR) is 55.2 cm³/mol. The quantitative estimate of drug-likeness (QED) is 0.813. The monoisotopic (exact) mass is 206 g/mol. The summed E-state index contributed by atoms with van der Waals surface area (Å²) in [5, 5.41) is 2.82. The Kier molecular flexibility index (Phi) is 2.67. The molecule has 15 heavy (non-hydrogen) atoms. The summed E-state index contributed by atoms with van der Waals surface area (Å²) in [4.78, 5) is 11.2. The molecule has 0 atom stereocenters. The van der Waals surface area contributed by atoms with E-state index in [9.17, 15) is 9.18 Å². The first kappa shape index (κ1) is 9.71. The van der Waals surface area contributed by atoms with Gasteiger partial charge < -0.3 is 5.10 Å². The van der Waals surface area contributed by atoms with Crippen molar-refractivity contribution in [3.05, 3.63) is 58.3 Å². The van der Waals surface area contributed by atoms with Crippen LogP contribution in [0.4, 0.5) is 4.39 Å². The minimum Gasteiger partial charge on any atom is -0.303 e. The first-order valence-corrected chi connectivity index (χ1v) is 4.74. The van der Waals surface area contributed by atoms with Crippen molar-refractivity contribution in [2.45, 2.75) is 13.0 Å². The molecule has 0 bridgehead atoms. The van der Waals surface area contributed by atoms with Gasteiger partial charge in [0.15, 0.2) is 0 Å². The van der Waals surface area contributed by atoms with Crippen molar-refractivity contribution in [3.63, 3.8) is 0 Å². The van der Waals surface area contributed by atoms with Gasteiger partial charge in [0.2, 0.25) is 0 Å². The molecule has 3 nitrogen and oxygen atoms in total. The molecule has 1 N–H and O–H groups in total. The number of benzene rings is 1. The molecule has 0 aliphatic rings. The summed E-state index contributed by atoms with van der Waals surface area (Å²) < 4.78 is 14.1. The lowest BCUT2D eigenvalue weighted by Gasteiger charge is -2.01. The van der Waals surface area contributed by atoms with Crippen LogP contribution in [-0.4, -0.2) is 9.78 Å². The van der Waals surface area contributed by atoms with Gasteiger partial charge in [0, 0.05) is 18.8 Å². The van der Waals surface area contributed by atoms with Crippen molar-refractivity contribution in [1.29, 1.82) is 0 Å². The zero-order chi connectivity index (χ0) is 10.7. The van der Waals surface area contributed by atoms with E-state index in [0.717, 1.165) is 5.56 Å². The SMILES string of the molecule is O=c1cc[nH]n1CCc1ccc(F)cc1. The molecule has 0 spiro atoms. The number of hydrogen-bond donors (Lipinski definition) is 1. The van der Waals surface area contributed by atoms with Gasteiger partial charge >= 0.3 is 0 Å². The highest BCUT2D eigenvalue weighted by atomic mass is 19.1. The molecule has 4 heteroatoms. The maximum atomic E-state index is 12.6. The van der Waals surface area contributed by atoms with Gasteiger partial charge in [0.05, 0.1) is 0 Å². The molecule has 1 aromatic heterocycles. The second-order valence-corrected chi connectivity index (χ2v) is 3.33. The summed E-state index contributed by atoms with van der Waals surface area (Å²) in [6, 6.07) is 7.77. The maximum absolute atomic E-state index is 12.6. The van der Waals surface area contributed by atoms with E-state index >= 15 is 0 Å². The van der Waals surface area contributed by atoms with Crippen LogP contribution in [0, 0.1) is 5.82 Å². The summed E-state index contributed by atoms with van der Waals surface area (Å²) in [5.74, 6) is -0.240. The lowest BCUT2D eigenvalue weighted by Crippen LogP contribution is -2.17. The summed E-state index contributed by atoms with van der Waals surface area (Å²) in [6.07, 6.45) is 2.31. The predicted octanol–water partition coefficient (Wildman–Crippen LogP) is 1.56. The standard InChI is InChI=1S/C11H11FN2O/c12-10-3-1-9(2-4-10)6-8-14-11(15)5-7-13-14/h1-5,7,13H,6,8H2. The number of aryl methyl sites for hydroxylation is 2. The van der Waals surface area contributed by atoms with Crippen molar-refractivity contribution in [3.8, 4) is 0 Å². The highest BCUT2D eigenvalue weighted by molar-refractivity contribution is 5.15. The van der Waals surface area contributed by atoms with Crippen molar-refractivity contribution in [2.24, 2.45) is 0 Å². The topological polar surface area (TPSA) is 37.8 Å². The second-order valence-electron chi connectivity index (χ2n) is 3.33. The van der Waals surface area contributed by atoms with Gasteiger partial charge in [-0.3, -0.25) is 9.48 Å². The highest BCUT2D eigenvalue weighted by Crippen LogP contribution is 2.03. The van der Waals surface area contributed by atoms with Crippen molar-refractivity contribution < 1.29 is 4.39 Å². The van der Waals surface area contributed by atoms with E-state index in [-0.39, 0.29) is 11.4 Å². The molecule has 0 saturated carbocycles. The number of rotatable bonds is 3. The Hall–Kier alpha value is -1.84. The number of halogens is 1. The van der Waals surface area contributed by atoms with Crippen LogP contribution in [0.2, 0.25) is 0 Å². The summed E-state index contributed by atoms with van der Waals surface area (Å²) >= 11 is 0. The Morgan fingerprint density at radius 1 is 1.20 bits per heavy atom. The normalized spacial score (nSPS) is 10.5. The van der Waals surface area contributed by atoms with E-state index in [2.05, 4.69) is 5.10 Å². The van der Waals surface area contributed by atoms with Crippen LogP contribution in [0.1, 0.15) is 5.56 Å². The molecule has 0 amide bonds. The molecular formula is C11H11FN2O. The Morgan fingerprint density at radius 3 is 2.53 bits per heavy atom. The molecule has 0 unspecified atom stereocenters. The summed E-state index contributed by atoms with van der Waals surface area (Å²) in [5.41, 5.74) is 0.968. The Balaban J connectivity index is 2.02. The van der Waals surface area contributed by atoms with E-state index in [4.69, 9.17) is 0 Å². The number of hydrogen-bond acceptors (Lipinski definition) is 1. The maximum Gasteiger partial charge on any atom is 0.266 e. The van der Waals surface area contributed by atoms with Crippen molar-refractivity contribution in [2.75, 3.05) is 0 Å².